The monoisotopic (exact) mass is 880 g/mol. The van der Waals surface area contributed by atoms with Crippen LogP contribution in [-0.2, 0) is 49.7 Å². The van der Waals surface area contributed by atoms with Gasteiger partial charge in [-0.25, -0.2) is 0 Å². The molecule has 4 aliphatic rings. The fraction of sp³-hybridized carbons (Fsp3) is 0.458. The van der Waals surface area contributed by atoms with Gasteiger partial charge in [-0.2, -0.15) is 0 Å². The molecule has 2 saturated heterocycles. The summed E-state index contributed by atoms with van der Waals surface area (Å²) in [4.78, 5) is 41.5. The van der Waals surface area contributed by atoms with Gasteiger partial charge in [0.2, 0.25) is 0 Å². The fourth-order valence-electron chi connectivity index (χ4n) is 9.05. The SMILES string of the molecule is CC(C)c1cc(C(=O)N2Cc3ccc(CN4CCN(C)CC4)cc3C2)c(OS(=O)(=O)Oc2cc(O)c(C(C)C)cc2C(=O)N2Cc3ccc(CN4CCN(C)CC4)cc3C2)cc1O. The third kappa shape index (κ3) is 9.97. The van der Waals surface area contributed by atoms with Gasteiger partial charge in [-0.05, 0) is 82.6 Å². The van der Waals surface area contributed by atoms with Crippen LogP contribution in [0.3, 0.4) is 0 Å². The Morgan fingerprint density at radius 1 is 0.556 bits per heavy atom. The number of benzene rings is 4. The zero-order valence-corrected chi connectivity index (χ0v) is 38.1. The first-order chi connectivity index (χ1) is 30.0. The lowest BCUT2D eigenvalue weighted by Crippen LogP contribution is -2.43. The normalized spacial score (nSPS) is 17.7. The van der Waals surface area contributed by atoms with Crippen molar-refractivity contribution < 1.29 is 36.6 Å². The van der Waals surface area contributed by atoms with Crippen molar-refractivity contribution in [3.8, 4) is 23.0 Å². The third-order valence-electron chi connectivity index (χ3n) is 12.9. The molecule has 0 saturated carbocycles. The Kier molecular flexibility index (Phi) is 12.8. The molecule has 0 radical (unpaired) electrons. The van der Waals surface area contributed by atoms with Crippen LogP contribution in [0.5, 0.6) is 23.0 Å². The Balaban J connectivity index is 1.02. The van der Waals surface area contributed by atoms with Crippen molar-refractivity contribution in [3.63, 3.8) is 0 Å². The van der Waals surface area contributed by atoms with Gasteiger partial charge < -0.3 is 38.2 Å². The summed E-state index contributed by atoms with van der Waals surface area (Å²) >= 11 is 0. The van der Waals surface area contributed by atoms with Crippen molar-refractivity contribution >= 4 is 22.2 Å². The number of phenolic OH excluding ortho intramolecular Hbond substituents is 2. The molecule has 4 aliphatic heterocycles. The number of fused-ring (bicyclic) bond motifs is 2. The van der Waals surface area contributed by atoms with Crippen molar-refractivity contribution in [1.82, 2.24) is 29.4 Å². The Hall–Kier alpha value is -5.19. The van der Waals surface area contributed by atoms with E-state index in [0.717, 1.165) is 111 Å². The lowest BCUT2D eigenvalue weighted by molar-refractivity contribution is 0.0742. The van der Waals surface area contributed by atoms with Crippen LogP contribution in [0.25, 0.3) is 0 Å². The van der Waals surface area contributed by atoms with Gasteiger partial charge in [0.05, 0.1) is 11.1 Å². The first-order valence-electron chi connectivity index (χ1n) is 22.0. The predicted octanol–water partition coefficient (Wildman–Crippen LogP) is 5.85. The smallest absolute Gasteiger partial charge is 0.501 e. The molecule has 2 amide bonds. The summed E-state index contributed by atoms with van der Waals surface area (Å²) in [5.41, 5.74) is 7.12. The van der Waals surface area contributed by atoms with Crippen LogP contribution in [0.2, 0.25) is 0 Å². The quantitative estimate of drug-likeness (QED) is 0.176. The highest BCUT2D eigenvalue weighted by Crippen LogP contribution is 2.39. The molecule has 2 fully saturated rings. The molecule has 0 atom stereocenters. The average Bonchev–Trinajstić information content (AvgIpc) is 3.86. The van der Waals surface area contributed by atoms with E-state index in [1.165, 1.54) is 12.1 Å². The molecule has 8 rings (SSSR count). The van der Waals surface area contributed by atoms with Crippen LogP contribution >= 0.6 is 0 Å². The van der Waals surface area contributed by atoms with Crippen LogP contribution in [0, 0.1) is 0 Å². The number of phenols is 2. The van der Waals surface area contributed by atoms with Crippen molar-refractivity contribution in [2.45, 2.75) is 78.8 Å². The average molecular weight is 881 g/mol. The van der Waals surface area contributed by atoms with Gasteiger partial charge in [-0.15, -0.1) is 8.42 Å². The number of carbonyl (C=O) groups is 2. The first-order valence-corrected chi connectivity index (χ1v) is 23.3. The molecule has 4 heterocycles. The largest absolute Gasteiger partial charge is 0.508 e. The van der Waals surface area contributed by atoms with Gasteiger partial charge >= 0.3 is 10.4 Å². The van der Waals surface area contributed by atoms with Crippen molar-refractivity contribution in [3.05, 3.63) is 116 Å². The van der Waals surface area contributed by atoms with Gasteiger partial charge in [0, 0.05) is 104 Å². The molecule has 15 heteroatoms. The summed E-state index contributed by atoms with van der Waals surface area (Å²) in [7, 11) is -0.821. The molecule has 0 aliphatic carbocycles. The minimum atomic E-state index is -5.08. The van der Waals surface area contributed by atoms with E-state index in [-0.39, 0.29) is 34.5 Å². The Morgan fingerprint density at radius 3 is 1.29 bits per heavy atom. The van der Waals surface area contributed by atoms with E-state index in [1.54, 1.807) is 9.80 Å². The summed E-state index contributed by atoms with van der Waals surface area (Å²) in [6.07, 6.45) is 0. The first kappa shape index (κ1) is 44.4. The number of carbonyl (C=O) groups excluding carboxylic acids is 2. The highest BCUT2D eigenvalue weighted by Gasteiger charge is 2.33. The van der Waals surface area contributed by atoms with E-state index in [4.69, 9.17) is 8.37 Å². The molecule has 0 spiro atoms. The molecule has 4 aromatic carbocycles. The van der Waals surface area contributed by atoms with Gasteiger partial charge in [-0.3, -0.25) is 19.4 Å². The number of amides is 2. The molecule has 2 N–H and O–H groups in total. The maximum absolute atomic E-state index is 14.4. The van der Waals surface area contributed by atoms with Gasteiger partial charge in [-0.1, -0.05) is 64.1 Å². The molecular formula is C48H60N6O8S. The van der Waals surface area contributed by atoms with Crippen molar-refractivity contribution in [2.24, 2.45) is 0 Å². The van der Waals surface area contributed by atoms with E-state index in [9.17, 15) is 28.2 Å². The maximum Gasteiger partial charge on any atom is 0.501 e. The second-order valence-electron chi connectivity index (χ2n) is 18.4. The number of nitrogens with zero attached hydrogens (tertiary/aromatic N) is 6. The van der Waals surface area contributed by atoms with E-state index in [1.807, 2.05) is 39.8 Å². The second kappa shape index (κ2) is 18.1. The number of aromatic hydroxyl groups is 2. The summed E-state index contributed by atoms with van der Waals surface area (Å²) in [5.74, 6) is -2.72. The number of likely N-dealkylation sites (N-methyl/N-ethyl adjacent to an activating group) is 2. The minimum absolute atomic E-state index is 0.0646. The Morgan fingerprint density at radius 2 is 0.921 bits per heavy atom. The lowest BCUT2D eigenvalue weighted by atomic mass is 9.98. The highest BCUT2D eigenvalue weighted by molar-refractivity contribution is 7.82. The molecule has 14 nitrogen and oxygen atoms in total. The van der Waals surface area contributed by atoms with E-state index >= 15 is 0 Å². The number of hydrogen-bond donors (Lipinski definition) is 2. The van der Waals surface area contributed by atoms with E-state index in [0.29, 0.717) is 37.3 Å². The zero-order valence-electron chi connectivity index (χ0n) is 37.3. The number of rotatable bonds is 12. The van der Waals surface area contributed by atoms with Gasteiger partial charge in [0.1, 0.15) is 11.5 Å². The standard InChI is InChI=1S/C48H60N6O8S/c1-31(2)39-21-41(47(57)53-27-35-9-7-33(19-37(35)29-53)25-51-15-11-49(5)12-16-51)45(23-43(39)55)61-63(59,60)62-46-24-44(56)40(32(3)4)22-42(46)48(58)54-28-36-10-8-34(20-38(36)30-54)26-52-17-13-50(6)14-18-52/h7-10,19-24,31-32,55-56H,11-18,25-30H2,1-6H3. The topological polar surface area (TPSA) is 147 Å². The highest BCUT2D eigenvalue weighted by atomic mass is 32.3. The van der Waals surface area contributed by atoms with Gasteiger partial charge in [0.25, 0.3) is 11.8 Å². The fourth-order valence-corrected chi connectivity index (χ4v) is 9.80. The zero-order chi connectivity index (χ0) is 44.7. The van der Waals surface area contributed by atoms with Crippen LogP contribution < -0.4 is 8.37 Å². The van der Waals surface area contributed by atoms with Crippen molar-refractivity contribution in [1.29, 1.82) is 0 Å². The number of piperazine rings is 2. The molecule has 0 aromatic heterocycles. The second-order valence-corrected chi connectivity index (χ2v) is 19.5. The van der Waals surface area contributed by atoms with Crippen LogP contribution in [-0.4, -0.2) is 126 Å². The summed E-state index contributed by atoms with van der Waals surface area (Å²) in [5, 5.41) is 22.1. The van der Waals surface area contributed by atoms with E-state index < -0.39 is 33.7 Å². The summed E-state index contributed by atoms with van der Waals surface area (Å²) in [6, 6.07) is 17.7. The van der Waals surface area contributed by atoms with Gasteiger partial charge in [0.15, 0.2) is 11.5 Å². The predicted molar refractivity (Wildman–Crippen MR) is 240 cm³/mol. The summed E-state index contributed by atoms with van der Waals surface area (Å²) < 4.78 is 39.0. The number of hydrogen-bond acceptors (Lipinski definition) is 12. The Labute approximate surface area is 371 Å². The summed E-state index contributed by atoms with van der Waals surface area (Å²) in [6.45, 7) is 18.3. The minimum Gasteiger partial charge on any atom is -0.508 e. The molecular weight excluding hydrogens is 821 g/mol. The van der Waals surface area contributed by atoms with Crippen LogP contribution in [0.4, 0.5) is 0 Å². The Bertz CT molecular complexity index is 2330. The van der Waals surface area contributed by atoms with Crippen LogP contribution in [0.15, 0.2) is 60.7 Å². The molecule has 63 heavy (non-hydrogen) atoms. The molecule has 4 aromatic rings. The third-order valence-corrected chi connectivity index (χ3v) is 13.7. The maximum atomic E-state index is 14.4. The molecule has 336 valence electrons. The lowest BCUT2D eigenvalue weighted by Gasteiger charge is -2.32. The molecule has 0 bridgehead atoms. The van der Waals surface area contributed by atoms with Crippen LogP contribution in [0.1, 0.15) is 105 Å². The molecule has 0 unspecified atom stereocenters. The van der Waals surface area contributed by atoms with E-state index in [2.05, 4.69) is 58.0 Å². The van der Waals surface area contributed by atoms with Crippen molar-refractivity contribution in [2.75, 3.05) is 66.5 Å².